The number of thiol groups is 1. The van der Waals surface area contributed by atoms with Crippen molar-refractivity contribution < 1.29 is 9.53 Å². The first-order valence-corrected chi connectivity index (χ1v) is 9.25. The Bertz CT molecular complexity index is 777. The molecule has 8 heteroatoms. The minimum absolute atomic E-state index is 0.172. The van der Waals surface area contributed by atoms with Crippen LogP contribution in [0.3, 0.4) is 0 Å². The minimum Gasteiger partial charge on any atom is -0.461 e. The quantitative estimate of drug-likeness (QED) is 0.420. The van der Waals surface area contributed by atoms with Crippen molar-refractivity contribution in [1.82, 2.24) is 9.88 Å². The number of thiazole rings is 1. The number of hydrogen-bond acceptors (Lipinski definition) is 7. The van der Waals surface area contributed by atoms with Crippen molar-refractivity contribution in [1.29, 1.82) is 0 Å². The first-order valence-electron chi connectivity index (χ1n) is 7.99. The fourth-order valence-corrected chi connectivity index (χ4v) is 3.10. The van der Waals surface area contributed by atoms with Crippen LogP contribution in [0.4, 0.5) is 5.69 Å². The summed E-state index contributed by atoms with van der Waals surface area (Å²) >= 11 is 5.21. The number of nitrogens with zero attached hydrogens (tertiary/aromatic N) is 2. The largest absolute Gasteiger partial charge is 0.461 e. The Balaban J connectivity index is 1.91. The zero-order valence-corrected chi connectivity index (χ0v) is 15.9. The number of likely N-dealkylation sites (N-methyl/N-ethyl adjacent to an activating group) is 1. The second-order valence-electron chi connectivity index (χ2n) is 5.20. The summed E-state index contributed by atoms with van der Waals surface area (Å²) in [5.74, 6) is -0.343. The summed E-state index contributed by atoms with van der Waals surface area (Å²) in [7, 11) is 0. The van der Waals surface area contributed by atoms with E-state index in [1.165, 1.54) is 0 Å². The van der Waals surface area contributed by atoms with E-state index < -0.39 is 0 Å². The third kappa shape index (κ3) is 5.84. The predicted molar refractivity (Wildman–Crippen MR) is 104 cm³/mol. The number of rotatable bonds is 8. The summed E-state index contributed by atoms with van der Waals surface area (Å²) in [6.45, 7) is 7.13. The van der Waals surface area contributed by atoms with E-state index >= 15 is 0 Å². The molecule has 1 heterocycles. The summed E-state index contributed by atoms with van der Waals surface area (Å²) in [6, 6.07) is 6.80. The van der Waals surface area contributed by atoms with Crippen LogP contribution in [0.25, 0.3) is 0 Å². The number of aromatic nitrogens is 1. The van der Waals surface area contributed by atoms with Crippen molar-refractivity contribution in [2.45, 2.75) is 18.9 Å². The molecule has 0 saturated carbocycles. The molecule has 1 aromatic heterocycles. The molecule has 0 aliphatic heterocycles. The van der Waals surface area contributed by atoms with Gasteiger partial charge in [-0.05, 0) is 37.4 Å². The smallest absolute Gasteiger partial charge is 0.338 e. The molecule has 0 unspecified atom stereocenters. The number of esters is 1. The minimum atomic E-state index is -0.343. The zero-order valence-electron chi connectivity index (χ0n) is 14.2. The molecule has 0 radical (unpaired) electrons. The molecule has 0 amide bonds. The van der Waals surface area contributed by atoms with Gasteiger partial charge in [-0.15, -0.1) is 12.6 Å². The molecule has 1 aromatic carbocycles. The summed E-state index contributed by atoms with van der Waals surface area (Å²) in [5, 5.41) is 0.493. The van der Waals surface area contributed by atoms with Crippen LogP contribution in [-0.4, -0.2) is 48.3 Å². The first-order chi connectivity index (χ1) is 12.0. The number of aromatic amines is 1. The average Bonchev–Trinajstić information content (AvgIpc) is 2.94. The molecule has 0 fully saturated rings. The van der Waals surface area contributed by atoms with Gasteiger partial charge in [-0.2, -0.15) is 0 Å². The molecule has 134 valence electrons. The zero-order chi connectivity index (χ0) is 18.2. The summed E-state index contributed by atoms with van der Waals surface area (Å²) < 4.78 is 5.28. The lowest BCUT2D eigenvalue weighted by atomic mass is 10.2. The number of ether oxygens (including phenoxy) is 1. The van der Waals surface area contributed by atoms with Gasteiger partial charge < -0.3 is 14.6 Å². The van der Waals surface area contributed by atoms with E-state index in [9.17, 15) is 9.59 Å². The molecule has 0 aliphatic rings. The van der Waals surface area contributed by atoms with Gasteiger partial charge in [-0.1, -0.05) is 25.2 Å². The van der Waals surface area contributed by atoms with Crippen molar-refractivity contribution in [2.24, 2.45) is 4.99 Å². The highest BCUT2D eigenvalue weighted by atomic mass is 32.1. The number of nitrogens with one attached hydrogen (secondary N) is 1. The van der Waals surface area contributed by atoms with Gasteiger partial charge in [0, 0.05) is 12.8 Å². The fourth-order valence-electron chi connectivity index (χ4n) is 2.13. The molecule has 25 heavy (non-hydrogen) atoms. The Kier molecular flexibility index (Phi) is 7.42. The Hall–Kier alpha value is -1.90. The average molecular weight is 380 g/mol. The first kappa shape index (κ1) is 19.4. The number of aliphatic imine (C=N–C) groups is 1. The lowest BCUT2D eigenvalue weighted by molar-refractivity contribution is 0.0466. The van der Waals surface area contributed by atoms with E-state index in [2.05, 4.69) is 41.4 Å². The summed E-state index contributed by atoms with van der Waals surface area (Å²) in [4.78, 5) is 32.8. The van der Waals surface area contributed by atoms with Crippen molar-refractivity contribution in [3.05, 3.63) is 44.4 Å². The van der Waals surface area contributed by atoms with Gasteiger partial charge in [0.25, 0.3) is 0 Å². The highest BCUT2D eigenvalue weighted by Gasteiger charge is 2.08. The summed E-state index contributed by atoms with van der Waals surface area (Å²) in [5.41, 5.74) is 1.16. The number of carbonyl (C=O) groups excluding carboxylic acids is 1. The number of hydrogen-bond donors (Lipinski definition) is 2. The highest BCUT2D eigenvalue weighted by Crippen LogP contribution is 2.16. The van der Waals surface area contributed by atoms with E-state index in [0.717, 1.165) is 31.0 Å². The van der Waals surface area contributed by atoms with Crippen molar-refractivity contribution in [3.63, 3.8) is 0 Å². The summed E-state index contributed by atoms with van der Waals surface area (Å²) in [6.07, 6.45) is 1.57. The van der Waals surface area contributed by atoms with Gasteiger partial charge >= 0.3 is 10.8 Å². The molecule has 1 N–H and O–H groups in total. The van der Waals surface area contributed by atoms with E-state index in [4.69, 9.17) is 4.74 Å². The van der Waals surface area contributed by atoms with Crippen LogP contribution in [-0.2, 0) is 4.74 Å². The Labute approximate surface area is 156 Å². The monoisotopic (exact) mass is 379 g/mol. The molecule has 2 aromatic rings. The van der Waals surface area contributed by atoms with E-state index in [-0.39, 0.29) is 10.8 Å². The lowest BCUT2D eigenvalue weighted by Crippen LogP contribution is -2.27. The van der Waals surface area contributed by atoms with E-state index in [1.807, 2.05) is 0 Å². The standard InChI is InChI=1S/C17H21N3O3S2/c1-3-20(4-2)9-10-23-16(21)12-5-7-13(8-6-12)18-11-14-15(24)19-17(22)25-14/h5-8,11,24H,3-4,9-10H2,1-2H3,(H,19,22). The van der Waals surface area contributed by atoms with Crippen molar-refractivity contribution >= 4 is 41.8 Å². The van der Waals surface area contributed by atoms with Crippen LogP contribution in [0.5, 0.6) is 0 Å². The SMILES string of the molecule is CCN(CC)CCOC(=O)c1ccc(N=Cc2sc(=O)[nH]c2S)cc1. The van der Waals surface area contributed by atoms with Crippen molar-refractivity contribution in [2.75, 3.05) is 26.2 Å². The predicted octanol–water partition coefficient (Wildman–Crippen LogP) is 2.97. The Morgan fingerprint density at radius 1 is 1.32 bits per heavy atom. The number of benzene rings is 1. The highest BCUT2D eigenvalue weighted by molar-refractivity contribution is 7.80. The third-order valence-corrected chi connectivity index (χ3v) is 4.95. The number of carbonyl (C=O) groups is 1. The van der Waals surface area contributed by atoms with E-state index in [1.54, 1.807) is 30.5 Å². The lowest BCUT2D eigenvalue weighted by Gasteiger charge is -2.17. The fraction of sp³-hybridized carbons (Fsp3) is 0.353. The van der Waals surface area contributed by atoms with Gasteiger partial charge in [-0.3, -0.25) is 9.79 Å². The topological polar surface area (TPSA) is 74.8 Å². The van der Waals surface area contributed by atoms with Gasteiger partial charge in [0.2, 0.25) is 0 Å². The maximum absolute atomic E-state index is 12.0. The molecule has 0 aliphatic carbocycles. The molecule has 2 rings (SSSR count). The molecular formula is C17H21N3O3S2. The molecule has 0 bridgehead atoms. The van der Waals surface area contributed by atoms with Crippen LogP contribution < -0.4 is 4.87 Å². The molecule has 0 saturated heterocycles. The van der Waals surface area contributed by atoms with Crippen molar-refractivity contribution in [3.8, 4) is 0 Å². The maximum Gasteiger partial charge on any atom is 0.338 e. The molecule has 6 nitrogen and oxygen atoms in total. The second kappa shape index (κ2) is 9.55. The van der Waals surface area contributed by atoms with Gasteiger partial charge in [0.1, 0.15) is 6.61 Å². The Morgan fingerprint density at radius 2 is 2.00 bits per heavy atom. The third-order valence-electron chi connectivity index (χ3n) is 3.63. The molecule has 0 spiro atoms. The maximum atomic E-state index is 12.0. The van der Waals surface area contributed by atoms with Gasteiger partial charge in [0.05, 0.1) is 21.2 Å². The van der Waals surface area contributed by atoms with Crippen LogP contribution in [0.2, 0.25) is 0 Å². The molecular weight excluding hydrogens is 358 g/mol. The normalized spacial score (nSPS) is 11.4. The van der Waals surface area contributed by atoms with E-state index in [0.29, 0.717) is 27.8 Å². The second-order valence-corrected chi connectivity index (χ2v) is 6.66. The van der Waals surface area contributed by atoms with Gasteiger partial charge in [-0.25, -0.2) is 4.79 Å². The molecule has 0 atom stereocenters. The van der Waals surface area contributed by atoms with Crippen LogP contribution in [0.1, 0.15) is 29.1 Å². The van der Waals surface area contributed by atoms with Crippen LogP contribution >= 0.6 is 24.0 Å². The van der Waals surface area contributed by atoms with Crippen LogP contribution in [0, 0.1) is 0 Å². The van der Waals surface area contributed by atoms with Crippen LogP contribution in [0.15, 0.2) is 39.1 Å². The Morgan fingerprint density at radius 3 is 2.56 bits per heavy atom. The number of H-pyrrole nitrogens is 1. The van der Waals surface area contributed by atoms with Gasteiger partial charge in [0.15, 0.2) is 0 Å².